The van der Waals surface area contributed by atoms with E-state index >= 15 is 0 Å². The van der Waals surface area contributed by atoms with Crippen molar-refractivity contribution in [2.24, 2.45) is 5.73 Å². The lowest BCUT2D eigenvalue weighted by atomic mass is 10.1. The number of methoxy groups -OCH3 is 1. The summed E-state index contributed by atoms with van der Waals surface area (Å²) in [6, 6.07) is 1.70. The lowest BCUT2D eigenvalue weighted by molar-refractivity contribution is 0.00822. The highest BCUT2D eigenvalue weighted by atomic mass is 16.5. The Morgan fingerprint density at radius 2 is 2.29 bits per heavy atom. The molecule has 0 atom stereocenters. The summed E-state index contributed by atoms with van der Waals surface area (Å²) in [6.07, 6.45) is 3.55. The van der Waals surface area contributed by atoms with Crippen molar-refractivity contribution in [1.82, 2.24) is 4.57 Å². The monoisotopic (exact) mass is 196 g/mol. The molecule has 0 unspecified atom stereocenters. The lowest BCUT2D eigenvalue weighted by Gasteiger charge is -2.23. The standard InChI is InChI=1S/C10H16N2O2/c1-10(2,14-3)7-12-5-4-8(6-12)9(11)13/h4-6H,7H2,1-3H3,(H2,11,13). The van der Waals surface area contributed by atoms with Gasteiger partial charge in [-0.1, -0.05) is 0 Å². The molecular formula is C10H16N2O2. The maximum Gasteiger partial charge on any atom is 0.250 e. The molecule has 4 heteroatoms. The van der Waals surface area contributed by atoms with Crippen molar-refractivity contribution in [2.45, 2.75) is 26.0 Å². The summed E-state index contributed by atoms with van der Waals surface area (Å²) in [5.74, 6) is -0.404. The van der Waals surface area contributed by atoms with Gasteiger partial charge in [-0.05, 0) is 19.9 Å². The Labute approximate surface area is 83.7 Å². The first-order valence-electron chi connectivity index (χ1n) is 4.45. The fourth-order valence-electron chi connectivity index (χ4n) is 1.19. The summed E-state index contributed by atoms with van der Waals surface area (Å²) in [6.45, 7) is 4.66. The number of carbonyl (C=O) groups excluding carboxylic acids is 1. The van der Waals surface area contributed by atoms with Gasteiger partial charge in [0.05, 0.1) is 17.7 Å². The highest BCUT2D eigenvalue weighted by molar-refractivity contribution is 5.92. The van der Waals surface area contributed by atoms with E-state index in [0.29, 0.717) is 12.1 Å². The Bertz CT molecular complexity index is 329. The molecule has 0 bridgehead atoms. The molecule has 1 aromatic heterocycles. The summed E-state index contributed by atoms with van der Waals surface area (Å²) in [7, 11) is 1.67. The lowest BCUT2D eigenvalue weighted by Crippen LogP contribution is -2.28. The molecule has 0 fully saturated rings. The number of rotatable bonds is 4. The average molecular weight is 196 g/mol. The van der Waals surface area contributed by atoms with Crippen molar-refractivity contribution < 1.29 is 9.53 Å². The molecule has 1 rings (SSSR count). The molecule has 78 valence electrons. The van der Waals surface area contributed by atoms with Gasteiger partial charge in [0.15, 0.2) is 0 Å². The van der Waals surface area contributed by atoms with Crippen LogP contribution in [0, 0.1) is 0 Å². The number of aromatic nitrogens is 1. The average Bonchev–Trinajstić information content (AvgIpc) is 2.52. The van der Waals surface area contributed by atoms with E-state index in [4.69, 9.17) is 10.5 Å². The Kier molecular flexibility index (Phi) is 2.96. The van der Waals surface area contributed by atoms with Crippen LogP contribution in [0.2, 0.25) is 0 Å². The SMILES string of the molecule is COC(C)(C)Cn1ccc(C(N)=O)c1. The molecule has 1 heterocycles. The Balaban J connectivity index is 2.73. The number of carbonyl (C=O) groups is 1. The van der Waals surface area contributed by atoms with Gasteiger partial charge >= 0.3 is 0 Å². The van der Waals surface area contributed by atoms with Crippen LogP contribution in [0.15, 0.2) is 18.5 Å². The second-order valence-corrected chi connectivity index (χ2v) is 3.90. The quantitative estimate of drug-likeness (QED) is 0.781. The second kappa shape index (κ2) is 3.84. The first kappa shape index (κ1) is 10.8. The van der Waals surface area contributed by atoms with Crippen LogP contribution < -0.4 is 5.73 Å². The third-order valence-corrected chi connectivity index (χ3v) is 2.15. The third-order valence-electron chi connectivity index (χ3n) is 2.15. The maximum atomic E-state index is 10.8. The fourth-order valence-corrected chi connectivity index (χ4v) is 1.19. The van der Waals surface area contributed by atoms with E-state index in [0.717, 1.165) is 0 Å². The number of primary amides is 1. The highest BCUT2D eigenvalue weighted by Gasteiger charge is 2.17. The molecule has 14 heavy (non-hydrogen) atoms. The summed E-state index contributed by atoms with van der Waals surface area (Å²) in [5, 5.41) is 0. The highest BCUT2D eigenvalue weighted by Crippen LogP contribution is 2.12. The van der Waals surface area contributed by atoms with Crippen LogP contribution in [0.1, 0.15) is 24.2 Å². The molecule has 0 aliphatic rings. The van der Waals surface area contributed by atoms with Crippen LogP contribution in [-0.4, -0.2) is 23.2 Å². The summed E-state index contributed by atoms with van der Waals surface area (Å²) in [4.78, 5) is 10.8. The first-order valence-corrected chi connectivity index (χ1v) is 4.45. The summed E-state index contributed by atoms with van der Waals surface area (Å²) >= 11 is 0. The zero-order chi connectivity index (χ0) is 10.8. The molecule has 0 aliphatic carbocycles. The van der Waals surface area contributed by atoms with Crippen LogP contribution >= 0.6 is 0 Å². The van der Waals surface area contributed by atoms with E-state index in [-0.39, 0.29) is 5.60 Å². The molecule has 1 amide bonds. The van der Waals surface area contributed by atoms with Crippen LogP contribution in [0.5, 0.6) is 0 Å². The second-order valence-electron chi connectivity index (χ2n) is 3.90. The van der Waals surface area contributed by atoms with Crippen LogP contribution in [0.3, 0.4) is 0 Å². The molecule has 0 radical (unpaired) electrons. The van der Waals surface area contributed by atoms with Crippen molar-refractivity contribution in [1.29, 1.82) is 0 Å². The van der Waals surface area contributed by atoms with E-state index < -0.39 is 5.91 Å². The smallest absolute Gasteiger partial charge is 0.250 e. The number of hydrogen-bond donors (Lipinski definition) is 1. The summed E-state index contributed by atoms with van der Waals surface area (Å²) < 4.78 is 7.17. The van der Waals surface area contributed by atoms with Gasteiger partial charge < -0.3 is 15.0 Å². The van der Waals surface area contributed by atoms with Gasteiger partial charge in [-0.25, -0.2) is 0 Å². The molecule has 0 spiro atoms. The number of ether oxygens (including phenoxy) is 1. The van der Waals surface area contributed by atoms with Crippen LogP contribution in [-0.2, 0) is 11.3 Å². The molecule has 1 aromatic rings. The normalized spacial score (nSPS) is 11.6. The van der Waals surface area contributed by atoms with E-state index in [9.17, 15) is 4.79 Å². The minimum Gasteiger partial charge on any atom is -0.377 e. The van der Waals surface area contributed by atoms with Crippen molar-refractivity contribution in [2.75, 3.05) is 7.11 Å². The number of amides is 1. The largest absolute Gasteiger partial charge is 0.377 e. The Hall–Kier alpha value is -1.29. The van der Waals surface area contributed by atoms with Gasteiger partial charge in [0, 0.05) is 19.5 Å². The molecule has 0 saturated heterocycles. The van der Waals surface area contributed by atoms with Gasteiger partial charge in [0.1, 0.15) is 0 Å². The van der Waals surface area contributed by atoms with Crippen LogP contribution in [0.25, 0.3) is 0 Å². The minimum absolute atomic E-state index is 0.242. The van der Waals surface area contributed by atoms with Crippen molar-refractivity contribution in [3.05, 3.63) is 24.0 Å². The van der Waals surface area contributed by atoms with E-state index in [1.807, 2.05) is 24.6 Å². The van der Waals surface area contributed by atoms with Gasteiger partial charge in [0.25, 0.3) is 0 Å². The zero-order valence-corrected chi connectivity index (χ0v) is 8.78. The topological polar surface area (TPSA) is 57.2 Å². The van der Waals surface area contributed by atoms with Gasteiger partial charge in [-0.15, -0.1) is 0 Å². The molecule has 2 N–H and O–H groups in total. The minimum atomic E-state index is -0.404. The molecule has 0 aliphatic heterocycles. The third kappa shape index (κ3) is 2.60. The number of hydrogen-bond acceptors (Lipinski definition) is 2. The van der Waals surface area contributed by atoms with Crippen molar-refractivity contribution in [3.8, 4) is 0 Å². The maximum absolute atomic E-state index is 10.8. The Morgan fingerprint density at radius 1 is 1.64 bits per heavy atom. The van der Waals surface area contributed by atoms with E-state index in [1.54, 1.807) is 19.4 Å². The first-order chi connectivity index (χ1) is 6.44. The molecular weight excluding hydrogens is 180 g/mol. The predicted molar refractivity (Wildman–Crippen MR) is 54.0 cm³/mol. The van der Waals surface area contributed by atoms with Gasteiger partial charge in [-0.3, -0.25) is 4.79 Å². The predicted octanol–water partition coefficient (Wildman–Crippen LogP) is 1.01. The van der Waals surface area contributed by atoms with Crippen molar-refractivity contribution >= 4 is 5.91 Å². The van der Waals surface area contributed by atoms with Gasteiger partial charge in [-0.2, -0.15) is 0 Å². The summed E-state index contributed by atoms with van der Waals surface area (Å²) in [5.41, 5.74) is 5.42. The van der Waals surface area contributed by atoms with Crippen LogP contribution in [0.4, 0.5) is 0 Å². The van der Waals surface area contributed by atoms with E-state index in [1.165, 1.54) is 0 Å². The number of nitrogens with two attached hydrogens (primary N) is 1. The molecule has 0 saturated carbocycles. The molecule has 4 nitrogen and oxygen atoms in total. The molecule has 0 aromatic carbocycles. The number of nitrogens with zero attached hydrogens (tertiary/aromatic N) is 1. The van der Waals surface area contributed by atoms with Gasteiger partial charge in [0.2, 0.25) is 5.91 Å². The fraction of sp³-hybridized carbons (Fsp3) is 0.500. The van der Waals surface area contributed by atoms with Crippen molar-refractivity contribution in [3.63, 3.8) is 0 Å². The zero-order valence-electron chi connectivity index (χ0n) is 8.78. The van der Waals surface area contributed by atoms with E-state index in [2.05, 4.69) is 0 Å². The Morgan fingerprint density at radius 3 is 2.71 bits per heavy atom.